The number of thioether (sulfide) groups is 1. The Balaban J connectivity index is 1.70. The molecular formula is C18H19BrN2OS. The van der Waals surface area contributed by atoms with E-state index >= 15 is 0 Å². The first-order valence-corrected chi connectivity index (χ1v) is 9.45. The SMILES string of the molecule is CC(Sc1ccc(Br)cc1)C(=O)N1CCCC1c1ccncc1. The third-order valence-electron chi connectivity index (χ3n) is 4.10. The quantitative estimate of drug-likeness (QED) is 0.709. The molecule has 1 aliphatic heterocycles. The molecule has 2 aromatic rings. The first kappa shape index (κ1) is 16.5. The van der Waals surface area contributed by atoms with Crippen LogP contribution >= 0.6 is 27.7 Å². The minimum Gasteiger partial charge on any atom is -0.335 e. The molecule has 0 aliphatic carbocycles. The molecule has 120 valence electrons. The third kappa shape index (κ3) is 3.96. The minimum absolute atomic E-state index is 0.0846. The van der Waals surface area contributed by atoms with Gasteiger partial charge in [-0.25, -0.2) is 0 Å². The lowest BCUT2D eigenvalue weighted by molar-refractivity contribution is -0.131. The van der Waals surface area contributed by atoms with Gasteiger partial charge in [-0.1, -0.05) is 15.9 Å². The van der Waals surface area contributed by atoms with Crippen LogP contribution in [-0.4, -0.2) is 27.6 Å². The number of carbonyl (C=O) groups excluding carboxylic acids is 1. The van der Waals surface area contributed by atoms with Gasteiger partial charge in [0.05, 0.1) is 11.3 Å². The molecule has 0 bridgehead atoms. The molecule has 0 radical (unpaired) electrons. The van der Waals surface area contributed by atoms with E-state index in [9.17, 15) is 4.79 Å². The summed E-state index contributed by atoms with van der Waals surface area (Å²) in [7, 11) is 0. The summed E-state index contributed by atoms with van der Waals surface area (Å²) < 4.78 is 1.05. The fraction of sp³-hybridized carbons (Fsp3) is 0.333. The Morgan fingerprint density at radius 3 is 2.65 bits per heavy atom. The van der Waals surface area contributed by atoms with Gasteiger partial charge in [0.15, 0.2) is 0 Å². The Morgan fingerprint density at radius 2 is 1.96 bits per heavy atom. The summed E-state index contributed by atoms with van der Waals surface area (Å²) >= 11 is 5.06. The number of halogens is 1. The van der Waals surface area contributed by atoms with Gasteiger partial charge in [-0.2, -0.15) is 0 Å². The molecule has 1 saturated heterocycles. The van der Waals surface area contributed by atoms with Crippen LogP contribution in [0.3, 0.4) is 0 Å². The second-order valence-electron chi connectivity index (χ2n) is 5.68. The number of aromatic nitrogens is 1. The molecule has 23 heavy (non-hydrogen) atoms. The molecule has 1 aromatic carbocycles. The van der Waals surface area contributed by atoms with Crippen molar-refractivity contribution in [2.75, 3.05) is 6.54 Å². The number of amides is 1. The van der Waals surface area contributed by atoms with Crippen molar-refractivity contribution in [2.45, 2.75) is 36.0 Å². The van der Waals surface area contributed by atoms with Crippen LogP contribution in [0.15, 0.2) is 58.2 Å². The van der Waals surface area contributed by atoms with Crippen molar-refractivity contribution in [1.82, 2.24) is 9.88 Å². The molecule has 2 unspecified atom stereocenters. The van der Waals surface area contributed by atoms with Gasteiger partial charge in [-0.15, -0.1) is 11.8 Å². The summed E-state index contributed by atoms with van der Waals surface area (Å²) in [5.41, 5.74) is 1.19. The van der Waals surface area contributed by atoms with Crippen LogP contribution in [0.1, 0.15) is 31.4 Å². The van der Waals surface area contributed by atoms with Crippen LogP contribution in [0.5, 0.6) is 0 Å². The van der Waals surface area contributed by atoms with Gasteiger partial charge in [0, 0.05) is 28.3 Å². The van der Waals surface area contributed by atoms with Gasteiger partial charge in [-0.3, -0.25) is 9.78 Å². The van der Waals surface area contributed by atoms with E-state index < -0.39 is 0 Å². The molecule has 5 heteroatoms. The van der Waals surface area contributed by atoms with E-state index in [2.05, 4.69) is 20.9 Å². The number of carbonyl (C=O) groups is 1. The number of pyridine rings is 1. The molecular weight excluding hydrogens is 372 g/mol. The highest BCUT2D eigenvalue weighted by atomic mass is 79.9. The number of hydrogen-bond donors (Lipinski definition) is 0. The standard InChI is InChI=1S/C18H19BrN2OS/c1-13(23-16-6-4-15(19)5-7-16)18(22)21-12-2-3-17(21)14-8-10-20-11-9-14/h4-11,13,17H,2-3,12H2,1H3. The van der Waals surface area contributed by atoms with E-state index in [1.165, 1.54) is 5.56 Å². The molecule has 0 saturated carbocycles. The van der Waals surface area contributed by atoms with Gasteiger partial charge in [0.25, 0.3) is 0 Å². The van der Waals surface area contributed by atoms with Crippen molar-refractivity contribution in [3.05, 3.63) is 58.8 Å². The van der Waals surface area contributed by atoms with Crippen molar-refractivity contribution in [2.24, 2.45) is 0 Å². The molecule has 3 rings (SSSR count). The number of hydrogen-bond acceptors (Lipinski definition) is 3. The normalized spacial score (nSPS) is 18.9. The first-order chi connectivity index (χ1) is 11.1. The van der Waals surface area contributed by atoms with Crippen LogP contribution in [0, 0.1) is 0 Å². The zero-order valence-electron chi connectivity index (χ0n) is 13.0. The van der Waals surface area contributed by atoms with E-state index in [0.29, 0.717) is 0 Å². The maximum absolute atomic E-state index is 12.9. The van der Waals surface area contributed by atoms with Gasteiger partial charge in [-0.05, 0) is 61.7 Å². The Morgan fingerprint density at radius 1 is 1.26 bits per heavy atom. The van der Waals surface area contributed by atoms with Gasteiger partial charge in [0.1, 0.15) is 0 Å². The number of nitrogens with zero attached hydrogens (tertiary/aromatic N) is 2. The summed E-state index contributed by atoms with van der Waals surface area (Å²) in [5, 5.41) is -0.0846. The van der Waals surface area contributed by atoms with E-state index in [0.717, 1.165) is 28.8 Å². The topological polar surface area (TPSA) is 33.2 Å². The zero-order valence-corrected chi connectivity index (χ0v) is 15.4. The van der Waals surface area contributed by atoms with Gasteiger partial charge >= 0.3 is 0 Å². The Bertz CT molecular complexity index is 662. The maximum atomic E-state index is 12.9. The summed E-state index contributed by atoms with van der Waals surface area (Å²) in [6.45, 7) is 2.84. The summed E-state index contributed by atoms with van der Waals surface area (Å²) in [4.78, 5) is 20.1. The van der Waals surface area contributed by atoms with Crippen molar-refractivity contribution in [1.29, 1.82) is 0 Å². The summed E-state index contributed by atoms with van der Waals surface area (Å²) in [5.74, 6) is 0.220. The van der Waals surface area contributed by atoms with E-state index in [4.69, 9.17) is 0 Å². The second kappa shape index (κ2) is 7.49. The summed E-state index contributed by atoms with van der Waals surface area (Å²) in [6, 6.07) is 12.3. The zero-order chi connectivity index (χ0) is 16.2. The van der Waals surface area contributed by atoms with Crippen molar-refractivity contribution in [3.63, 3.8) is 0 Å². The molecule has 3 nitrogen and oxygen atoms in total. The highest BCUT2D eigenvalue weighted by molar-refractivity contribution is 9.10. The Kier molecular flexibility index (Phi) is 5.38. The molecule has 1 aliphatic rings. The van der Waals surface area contributed by atoms with Crippen LogP contribution in [-0.2, 0) is 4.79 Å². The minimum atomic E-state index is -0.0846. The highest BCUT2D eigenvalue weighted by Gasteiger charge is 2.32. The van der Waals surface area contributed by atoms with Crippen LogP contribution < -0.4 is 0 Å². The summed E-state index contributed by atoms with van der Waals surface area (Å²) in [6.07, 6.45) is 5.70. The second-order valence-corrected chi connectivity index (χ2v) is 8.01. The van der Waals surface area contributed by atoms with E-state index in [1.54, 1.807) is 24.2 Å². The van der Waals surface area contributed by atoms with Crippen molar-refractivity contribution in [3.8, 4) is 0 Å². The molecule has 1 fully saturated rings. The third-order valence-corrected chi connectivity index (χ3v) is 5.73. The van der Waals surface area contributed by atoms with E-state index in [1.807, 2.05) is 48.2 Å². The number of rotatable bonds is 4. The Labute approximate surface area is 149 Å². The van der Waals surface area contributed by atoms with E-state index in [-0.39, 0.29) is 17.2 Å². The molecule has 2 atom stereocenters. The lowest BCUT2D eigenvalue weighted by atomic mass is 10.1. The average Bonchev–Trinajstić information content (AvgIpc) is 3.06. The van der Waals surface area contributed by atoms with Crippen LogP contribution in [0.2, 0.25) is 0 Å². The van der Waals surface area contributed by atoms with Crippen LogP contribution in [0.25, 0.3) is 0 Å². The lowest BCUT2D eigenvalue weighted by Gasteiger charge is -2.27. The van der Waals surface area contributed by atoms with Gasteiger partial charge < -0.3 is 4.90 Å². The molecule has 1 aromatic heterocycles. The fourth-order valence-corrected chi connectivity index (χ4v) is 4.17. The smallest absolute Gasteiger partial charge is 0.236 e. The monoisotopic (exact) mass is 390 g/mol. The van der Waals surface area contributed by atoms with Crippen molar-refractivity contribution < 1.29 is 4.79 Å². The number of benzene rings is 1. The van der Waals surface area contributed by atoms with Crippen molar-refractivity contribution >= 4 is 33.6 Å². The van der Waals surface area contributed by atoms with Crippen LogP contribution in [0.4, 0.5) is 0 Å². The Hall–Kier alpha value is -1.33. The maximum Gasteiger partial charge on any atom is 0.236 e. The average molecular weight is 391 g/mol. The number of likely N-dealkylation sites (tertiary alicyclic amines) is 1. The highest BCUT2D eigenvalue weighted by Crippen LogP contribution is 2.34. The largest absolute Gasteiger partial charge is 0.335 e. The first-order valence-electron chi connectivity index (χ1n) is 7.78. The predicted octanol–water partition coefficient (Wildman–Crippen LogP) is 4.69. The molecule has 1 amide bonds. The fourth-order valence-electron chi connectivity index (χ4n) is 2.96. The lowest BCUT2D eigenvalue weighted by Crippen LogP contribution is -2.36. The predicted molar refractivity (Wildman–Crippen MR) is 97.4 cm³/mol. The molecule has 0 spiro atoms. The molecule has 2 heterocycles. The molecule has 0 N–H and O–H groups in total. The van der Waals surface area contributed by atoms with Gasteiger partial charge in [0.2, 0.25) is 5.91 Å².